The number of hydrogen-bond donors (Lipinski definition) is 4. The highest BCUT2D eigenvalue weighted by Gasteiger charge is 2.27. The summed E-state index contributed by atoms with van der Waals surface area (Å²) in [6, 6.07) is -1.22. The minimum atomic E-state index is -4.42. The van der Waals surface area contributed by atoms with Crippen LogP contribution in [0.3, 0.4) is 0 Å². The van der Waals surface area contributed by atoms with E-state index < -0.39 is 40.0 Å². The Morgan fingerprint density at radius 2 is 0.977 bits per heavy atom. The molecule has 0 aromatic rings. The van der Waals surface area contributed by atoms with Gasteiger partial charge in [0, 0.05) is 0 Å². The monoisotopic (exact) mass is 646 g/mol. The summed E-state index contributed by atoms with van der Waals surface area (Å²) in [4.78, 5) is 12.4. The smallest absolute Gasteiger partial charge is 0.267 e. The Morgan fingerprint density at radius 1 is 0.614 bits per heavy atom. The molecule has 0 aromatic heterocycles. The van der Waals surface area contributed by atoms with Crippen LogP contribution < -0.4 is 5.32 Å². The normalized spacial score (nSPS) is 14.2. The van der Waals surface area contributed by atoms with Gasteiger partial charge < -0.3 is 15.5 Å². The fraction of sp³-hybridized carbons (Fsp3) is 0.917. The van der Waals surface area contributed by atoms with Gasteiger partial charge in [0.25, 0.3) is 10.1 Å². The largest absolute Gasteiger partial charge is 0.387 e. The van der Waals surface area contributed by atoms with Crippen LogP contribution in [-0.4, -0.2) is 53.1 Å². The summed E-state index contributed by atoms with van der Waals surface area (Å²) in [5.74, 6) is -1.54. The number of amides is 1. The van der Waals surface area contributed by atoms with E-state index in [1.54, 1.807) is 6.08 Å². The molecule has 0 saturated carbocycles. The van der Waals surface area contributed by atoms with Crippen molar-refractivity contribution in [3.05, 3.63) is 12.2 Å². The van der Waals surface area contributed by atoms with Crippen LogP contribution in [0, 0.1) is 0 Å². The van der Waals surface area contributed by atoms with E-state index in [9.17, 15) is 28.0 Å². The molecule has 0 radical (unpaired) electrons. The van der Waals surface area contributed by atoms with Crippen LogP contribution in [0.25, 0.3) is 0 Å². The fourth-order valence-corrected chi connectivity index (χ4v) is 6.43. The summed E-state index contributed by atoms with van der Waals surface area (Å²) in [6.45, 7) is 4.36. The lowest BCUT2D eigenvalue weighted by Crippen LogP contribution is -2.50. The lowest BCUT2D eigenvalue weighted by Gasteiger charge is -2.22. The van der Waals surface area contributed by atoms with E-state index in [0.29, 0.717) is 6.42 Å². The second-order valence-electron chi connectivity index (χ2n) is 13.0. The van der Waals surface area contributed by atoms with E-state index in [-0.39, 0.29) is 6.42 Å². The van der Waals surface area contributed by atoms with Crippen molar-refractivity contribution in [1.29, 1.82) is 0 Å². The van der Waals surface area contributed by atoms with Crippen molar-refractivity contribution in [2.24, 2.45) is 0 Å². The second-order valence-corrected chi connectivity index (χ2v) is 14.5. The van der Waals surface area contributed by atoms with E-state index in [2.05, 4.69) is 19.2 Å². The molecule has 0 aromatic carbocycles. The molecule has 1 amide bonds. The number of carbonyl (C=O) groups is 1. The molecule has 0 aliphatic heterocycles. The fourth-order valence-electron chi connectivity index (χ4n) is 5.69. The molecule has 0 heterocycles. The van der Waals surface area contributed by atoms with Crippen molar-refractivity contribution in [1.82, 2.24) is 5.32 Å². The van der Waals surface area contributed by atoms with Crippen LogP contribution in [0.15, 0.2) is 12.2 Å². The van der Waals surface area contributed by atoms with Crippen molar-refractivity contribution >= 4 is 16.0 Å². The molecule has 4 N–H and O–H groups in total. The SMILES string of the molecule is CCCCC/C=C/C(O)C(CS(=O)(=O)O)NC(=O)C(O)CCCCCCCCCCCCCCCCCCCCCCCC. The molecule has 0 rings (SSSR count). The highest BCUT2D eigenvalue weighted by atomic mass is 32.2. The van der Waals surface area contributed by atoms with Crippen molar-refractivity contribution in [3.8, 4) is 0 Å². The second kappa shape index (κ2) is 30.7. The van der Waals surface area contributed by atoms with Crippen molar-refractivity contribution in [2.75, 3.05) is 5.75 Å². The number of nitrogens with one attached hydrogen (secondary N) is 1. The molecule has 0 fully saturated rings. The van der Waals surface area contributed by atoms with Gasteiger partial charge in [-0.3, -0.25) is 9.35 Å². The van der Waals surface area contributed by atoms with Crippen molar-refractivity contribution < 1.29 is 28.0 Å². The topological polar surface area (TPSA) is 124 Å². The molecule has 7 nitrogen and oxygen atoms in total. The van der Waals surface area contributed by atoms with E-state index in [1.165, 1.54) is 122 Å². The summed E-state index contributed by atoms with van der Waals surface area (Å²) in [6.07, 6.45) is 33.4. The number of carbonyl (C=O) groups excluding carboxylic acids is 1. The van der Waals surface area contributed by atoms with Gasteiger partial charge in [0.05, 0.1) is 17.9 Å². The van der Waals surface area contributed by atoms with Crippen molar-refractivity contribution in [2.45, 2.75) is 205 Å². The van der Waals surface area contributed by atoms with Gasteiger partial charge in [-0.05, 0) is 19.3 Å². The van der Waals surface area contributed by atoms with Crippen LogP contribution in [0.1, 0.15) is 187 Å². The Bertz CT molecular complexity index is 773. The Morgan fingerprint density at radius 3 is 1.36 bits per heavy atom. The molecule has 44 heavy (non-hydrogen) atoms. The molecular formula is C36H71NO6S. The number of unbranched alkanes of at least 4 members (excludes halogenated alkanes) is 24. The van der Waals surface area contributed by atoms with Gasteiger partial charge >= 0.3 is 0 Å². The third kappa shape index (κ3) is 29.7. The first kappa shape index (κ1) is 43.0. The Hall–Kier alpha value is -0.960. The molecule has 0 bridgehead atoms. The van der Waals surface area contributed by atoms with Crippen LogP contribution >= 0.6 is 0 Å². The average Bonchev–Trinajstić information content (AvgIpc) is 2.98. The van der Waals surface area contributed by atoms with Crippen molar-refractivity contribution in [3.63, 3.8) is 0 Å². The highest BCUT2D eigenvalue weighted by molar-refractivity contribution is 7.85. The molecule has 0 spiro atoms. The van der Waals surface area contributed by atoms with Crippen LogP contribution in [0.4, 0.5) is 0 Å². The zero-order valence-corrected chi connectivity index (χ0v) is 29.5. The first-order valence-electron chi connectivity index (χ1n) is 18.5. The lowest BCUT2D eigenvalue weighted by molar-refractivity contribution is -0.130. The molecule has 0 aliphatic carbocycles. The van der Waals surface area contributed by atoms with E-state index in [4.69, 9.17) is 0 Å². The third-order valence-corrected chi connectivity index (χ3v) is 9.35. The third-order valence-electron chi connectivity index (χ3n) is 8.57. The minimum Gasteiger partial charge on any atom is -0.387 e. The molecule has 0 saturated heterocycles. The van der Waals surface area contributed by atoms with Crippen LogP contribution in [-0.2, 0) is 14.9 Å². The first-order valence-corrected chi connectivity index (χ1v) is 20.1. The van der Waals surface area contributed by atoms with Gasteiger partial charge in [0.15, 0.2) is 0 Å². The number of aliphatic hydroxyl groups is 2. The van der Waals surface area contributed by atoms with Gasteiger partial charge in [-0.15, -0.1) is 0 Å². The number of rotatable bonds is 33. The predicted molar refractivity (Wildman–Crippen MR) is 186 cm³/mol. The summed E-state index contributed by atoms with van der Waals surface area (Å²) in [7, 11) is -4.42. The molecule has 0 aliphatic rings. The number of aliphatic hydroxyl groups excluding tert-OH is 2. The maximum Gasteiger partial charge on any atom is 0.267 e. The summed E-state index contributed by atoms with van der Waals surface area (Å²) < 4.78 is 32.0. The lowest BCUT2D eigenvalue weighted by atomic mass is 10.0. The Labute approximate surface area is 272 Å². The van der Waals surface area contributed by atoms with Gasteiger partial charge in [0.1, 0.15) is 6.10 Å². The Balaban J connectivity index is 3.76. The first-order chi connectivity index (χ1) is 21.2. The van der Waals surface area contributed by atoms with Gasteiger partial charge in [-0.25, -0.2) is 0 Å². The minimum absolute atomic E-state index is 0.284. The van der Waals surface area contributed by atoms with Gasteiger partial charge in [-0.1, -0.05) is 180 Å². The predicted octanol–water partition coefficient (Wildman–Crippen LogP) is 9.21. The maximum absolute atomic E-state index is 12.4. The van der Waals surface area contributed by atoms with E-state index in [0.717, 1.165) is 44.9 Å². The van der Waals surface area contributed by atoms with Crippen LogP contribution in [0.5, 0.6) is 0 Å². The molecular weight excluding hydrogens is 574 g/mol. The summed E-state index contributed by atoms with van der Waals surface area (Å²) in [5.41, 5.74) is 0. The molecule has 262 valence electrons. The quantitative estimate of drug-likeness (QED) is 0.0320. The Kier molecular flexibility index (Phi) is 30.0. The van der Waals surface area contributed by atoms with Gasteiger partial charge in [0.2, 0.25) is 5.91 Å². The zero-order chi connectivity index (χ0) is 32.7. The summed E-state index contributed by atoms with van der Waals surface area (Å²) >= 11 is 0. The number of hydrogen-bond acceptors (Lipinski definition) is 5. The molecule has 3 atom stereocenters. The highest BCUT2D eigenvalue weighted by Crippen LogP contribution is 2.16. The maximum atomic E-state index is 12.4. The average molecular weight is 646 g/mol. The zero-order valence-electron chi connectivity index (χ0n) is 28.7. The molecule has 3 unspecified atom stereocenters. The number of allylic oxidation sites excluding steroid dienone is 1. The van der Waals surface area contributed by atoms with E-state index >= 15 is 0 Å². The van der Waals surface area contributed by atoms with E-state index in [1.807, 2.05) is 0 Å². The molecule has 8 heteroatoms. The van der Waals surface area contributed by atoms with Gasteiger partial charge in [-0.2, -0.15) is 8.42 Å². The standard InChI is InChI=1S/C36H71NO6S/c1-3-5-7-9-10-11-12-13-14-15-16-17-18-19-20-21-22-23-24-25-27-29-31-35(39)36(40)37-33(32-44(41,42)43)34(38)30-28-26-8-6-4-2/h28,30,33-35,38-39H,3-27,29,31-32H2,1-2H3,(H,37,40)(H,41,42,43)/b30-28+. The summed E-state index contributed by atoms with van der Waals surface area (Å²) in [5, 5.41) is 23.0. The van der Waals surface area contributed by atoms with Crippen LogP contribution in [0.2, 0.25) is 0 Å².